The van der Waals surface area contributed by atoms with Crippen molar-refractivity contribution in [3.8, 4) is 0 Å². The van der Waals surface area contributed by atoms with E-state index in [0.29, 0.717) is 6.54 Å². The number of carbonyl (C=O) groups is 2. The number of carboxylic acids is 1. The summed E-state index contributed by atoms with van der Waals surface area (Å²) in [5.74, 6) is -0.857. The molecule has 0 aliphatic heterocycles. The highest BCUT2D eigenvalue weighted by Gasteiger charge is 2.31. The normalized spacial score (nSPS) is 17.5. The number of urea groups is 1. The van der Waals surface area contributed by atoms with Crippen LogP contribution >= 0.6 is 0 Å². The summed E-state index contributed by atoms with van der Waals surface area (Å²) in [6, 6.07) is -1.05. The van der Waals surface area contributed by atoms with Crippen LogP contribution < -0.4 is 10.6 Å². The van der Waals surface area contributed by atoms with E-state index < -0.39 is 12.0 Å². The van der Waals surface area contributed by atoms with Crippen LogP contribution in [0.2, 0.25) is 0 Å². The molecule has 6 heteroatoms. The van der Waals surface area contributed by atoms with Crippen LogP contribution in [0.4, 0.5) is 4.79 Å². The first-order valence-corrected chi connectivity index (χ1v) is 7.45. The minimum Gasteiger partial charge on any atom is -0.480 e. The molecule has 1 unspecified atom stereocenters. The van der Waals surface area contributed by atoms with Crippen molar-refractivity contribution in [2.75, 3.05) is 27.2 Å². The lowest BCUT2D eigenvalue weighted by molar-refractivity contribution is -0.141. The Hall–Kier alpha value is -1.30. The number of aliphatic carboxylic acids is 1. The minimum absolute atomic E-state index is 0.0657. The number of hydrogen-bond donors (Lipinski definition) is 3. The van der Waals surface area contributed by atoms with Crippen molar-refractivity contribution in [1.82, 2.24) is 15.5 Å². The van der Waals surface area contributed by atoms with Crippen LogP contribution in [0.5, 0.6) is 0 Å². The van der Waals surface area contributed by atoms with Gasteiger partial charge in [0.2, 0.25) is 0 Å². The molecule has 1 aliphatic rings. The van der Waals surface area contributed by atoms with Crippen molar-refractivity contribution in [3.63, 3.8) is 0 Å². The largest absolute Gasteiger partial charge is 0.480 e. The molecule has 1 rings (SSSR count). The maximum absolute atomic E-state index is 12.0. The van der Waals surface area contributed by atoms with Gasteiger partial charge >= 0.3 is 12.0 Å². The van der Waals surface area contributed by atoms with E-state index in [1.165, 1.54) is 6.42 Å². The van der Waals surface area contributed by atoms with E-state index in [9.17, 15) is 14.7 Å². The fraction of sp³-hybridized carbons (Fsp3) is 0.857. The summed E-state index contributed by atoms with van der Waals surface area (Å²) in [6.07, 6.45) is 5.91. The van der Waals surface area contributed by atoms with Gasteiger partial charge in [-0.25, -0.2) is 9.59 Å². The van der Waals surface area contributed by atoms with Crippen LogP contribution in [0.1, 0.15) is 38.5 Å². The first kappa shape index (κ1) is 16.8. The highest BCUT2D eigenvalue weighted by molar-refractivity contribution is 5.82. The van der Waals surface area contributed by atoms with Gasteiger partial charge in [-0.05, 0) is 38.8 Å². The number of amides is 2. The topological polar surface area (TPSA) is 81.7 Å². The summed E-state index contributed by atoms with van der Waals surface area (Å²) in [7, 11) is 3.56. The molecule has 0 saturated heterocycles. The Kier molecular flexibility index (Phi) is 7.36. The second kappa shape index (κ2) is 8.79. The molecule has 20 heavy (non-hydrogen) atoms. The molecule has 6 nitrogen and oxygen atoms in total. The highest BCUT2D eigenvalue weighted by atomic mass is 16.4. The van der Waals surface area contributed by atoms with Crippen LogP contribution in [0.3, 0.4) is 0 Å². The number of carboxylic acid groups (broad SMARTS) is 1. The first-order valence-electron chi connectivity index (χ1n) is 7.45. The fourth-order valence-corrected chi connectivity index (χ4v) is 2.69. The van der Waals surface area contributed by atoms with Crippen LogP contribution in [-0.4, -0.2) is 55.2 Å². The average Bonchev–Trinajstić information content (AvgIpc) is 2.45. The van der Waals surface area contributed by atoms with E-state index in [0.717, 1.165) is 38.6 Å². The highest BCUT2D eigenvalue weighted by Crippen LogP contribution is 2.26. The molecule has 0 aromatic carbocycles. The van der Waals surface area contributed by atoms with Crippen molar-refractivity contribution in [3.05, 3.63) is 0 Å². The van der Waals surface area contributed by atoms with E-state index in [2.05, 4.69) is 10.6 Å². The third-order valence-electron chi connectivity index (χ3n) is 3.93. The van der Waals surface area contributed by atoms with Crippen LogP contribution in [0.15, 0.2) is 0 Å². The number of hydrogen-bond acceptors (Lipinski definition) is 3. The van der Waals surface area contributed by atoms with Crippen molar-refractivity contribution in [1.29, 1.82) is 0 Å². The van der Waals surface area contributed by atoms with Gasteiger partial charge in [0.25, 0.3) is 0 Å². The van der Waals surface area contributed by atoms with Gasteiger partial charge in [-0.15, -0.1) is 0 Å². The summed E-state index contributed by atoms with van der Waals surface area (Å²) in [5.41, 5.74) is 0. The summed E-state index contributed by atoms with van der Waals surface area (Å²) >= 11 is 0. The molecule has 0 spiro atoms. The molecule has 1 aliphatic carbocycles. The lowest BCUT2D eigenvalue weighted by Crippen LogP contribution is -2.50. The lowest BCUT2D eigenvalue weighted by atomic mass is 9.84. The van der Waals surface area contributed by atoms with Crippen molar-refractivity contribution in [2.24, 2.45) is 5.92 Å². The number of rotatable bonds is 7. The fourth-order valence-electron chi connectivity index (χ4n) is 2.69. The van der Waals surface area contributed by atoms with E-state index >= 15 is 0 Å². The first-order chi connectivity index (χ1) is 9.56. The predicted molar refractivity (Wildman–Crippen MR) is 77.7 cm³/mol. The molecule has 0 radical (unpaired) electrons. The molecule has 116 valence electrons. The Morgan fingerprint density at radius 1 is 1.30 bits per heavy atom. The Bertz CT molecular complexity index is 317. The van der Waals surface area contributed by atoms with Gasteiger partial charge in [0, 0.05) is 13.6 Å². The van der Waals surface area contributed by atoms with Crippen LogP contribution in [-0.2, 0) is 4.79 Å². The Balaban J connectivity index is 2.47. The van der Waals surface area contributed by atoms with Gasteiger partial charge in [-0.2, -0.15) is 0 Å². The number of carbonyl (C=O) groups excluding carboxylic acids is 1. The molecule has 2 amide bonds. The van der Waals surface area contributed by atoms with Gasteiger partial charge in [-0.3, -0.25) is 0 Å². The van der Waals surface area contributed by atoms with E-state index in [1.807, 2.05) is 7.05 Å². The molecule has 0 aromatic heterocycles. The van der Waals surface area contributed by atoms with E-state index in [-0.39, 0.29) is 11.9 Å². The molecule has 0 aromatic rings. The average molecular weight is 285 g/mol. The summed E-state index contributed by atoms with van der Waals surface area (Å²) in [5, 5.41) is 15.0. The monoisotopic (exact) mass is 285 g/mol. The van der Waals surface area contributed by atoms with Gasteiger partial charge in [0.05, 0.1) is 0 Å². The molecule has 3 N–H and O–H groups in total. The van der Waals surface area contributed by atoms with E-state index in [1.54, 1.807) is 11.9 Å². The van der Waals surface area contributed by atoms with Crippen molar-refractivity contribution >= 4 is 12.0 Å². The second-order valence-corrected chi connectivity index (χ2v) is 5.54. The van der Waals surface area contributed by atoms with Gasteiger partial charge < -0.3 is 20.6 Å². The summed E-state index contributed by atoms with van der Waals surface area (Å²) in [6.45, 7) is 1.45. The van der Waals surface area contributed by atoms with Gasteiger partial charge in [0.1, 0.15) is 6.04 Å². The zero-order valence-electron chi connectivity index (χ0n) is 12.5. The zero-order chi connectivity index (χ0) is 15.0. The Morgan fingerprint density at radius 3 is 2.50 bits per heavy atom. The van der Waals surface area contributed by atoms with E-state index in [4.69, 9.17) is 0 Å². The van der Waals surface area contributed by atoms with Crippen molar-refractivity contribution < 1.29 is 14.7 Å². The quantitative estimate of drug-likeness (QED) is 0.615. The maximum atomic E-state index is 12.0. The SMILES string of the molecule is CNCCCN(C)C(=O)NC(C(=O)O)C1CCCCC1. The molecule has 1 saturated carbocycles. The molecular formula is C14H27N3O3. The van der Waals surface area contributed by atoms with Gasteiger partial charge in [-0.1, -0.05) is 19.3 Å². The molecule has 0 bridgehead atoms. The third kappa shape index (κ3) is 5.36. The second-order valence-electron chi connectivity index (χ2n) is 5.54. The maximum Gasteiger partial charge on any atom is 0.326 e. The standard InChI is InChI=1S/C14H27N3O3/c1-15-9-6-10-17(2)14(20)16-12(13(18)19)11-7-4-3-5-8-11/h11-12,15H,3-10H2,1-2H3,(H,16,20)(H,18,19). The third-order valence-corrected chi connectivity index (χ3v) is 3.93. The lowest BCUT2D eigenvalue weighted by Gasteiger charge is -2.29. The molecule has 1 fully saturated rings. The summed E-state index contributed by atoms with van der Waals surface area (Å²) < 4.78 is 0. The molecule has 1 atom stereocenters. The smallest absolute Gasteiger partial charge is 0.326 e. The van der Waals surface area contributed by atoms with Crippen LogP contribution in [0, 0.1) is 5.92 Å². The molecular weight excluding hydrogens is 258 g/mol. The number of nitrogens with one attached hydrogen (secondary N) is 2. The Labute approximate surface area is 120 Å². The zero-order valence-corrected chi connectivity index (χ0v) is 12.5. The predicted octanol–water partition coefficient (Wildman–Crippen LogP) is 1.27. The number of nitrogens with zero attached hydrogens (tertiary/aromatic N) is 1. The molecule has 0 heterocycles. The van der Waals surface area contributed by atoms with Crippen molar-refractivity contribution in [2.45, 2.75) is 44.6 Å². The minimum atomic E-state index is -0.922. The van der Waals surface area contributed by atoms with Crippen LogP contribution in [0.25, 0.3) is 0 Å². The van der Waals surface area contributed by atoms with Gasteiger partial charge in [0.15, 0.2) is 0 Å². The summed E-state index contributed by atoms with van der Waals surface area (Å²) in [4.78, 5) is 25.0. The Morgan fingerprint density at radius 2 is 1.95 bits per heavy atom.